The molecule has 0 amide bonds. The highest BCUT2D eigenvalue weighted by molar-refractivity contribution is 5.22. The van der Waals surface area contributed by atoms with Gasteiger partial charge < -0.3 is 5.32 Å². The molecular formula is C14H26N2. The third kappa shape index (κ3) is 2.86. The van der Waals surface area contributed by atoms with Crippen LogP contribution in [0.5, 0.6) is 0 Å². The van der Waals surface area contributed by atoms with E-state index < -0.39 is 0 Å². The molecule has 2 fully saturated rings. The molecule has 2 heteroatoms. The second kappa shape index (κ2) is 5.83. The Hall–Kier alpha value is -0.340. The lowest BCUT2D eigenvalue weighted by atomic mass is 10.0. The summed E-state index contributed by atoms with van der Waals surface area (Å²) < 4.78 is 0. The number of likely N-dealkylation sites (tertiary alicyclic amines) is 1. The van der Waals surface area contributed by atoms with Crippen LogP contribution >= 0.6 is 0 Å². The minimum Gasteiger partial charge on any atom is -0.309 e. The molecule has 2 rings (SSSR count). The molecule has 0 bridgehead atoms. The van der Waals surface area contributed by atoms with Crippen molar-refractivity contribution in [2.75, 3.05) is 26.2 Å². The first-order valence-corrected chi connectivity index (χ1v) is 6.93. The topological polar surface area (TPSA) is 15.3 Å². The summed E-state index contributed by atoms with van der Waals surface area (Å²) in [4.78, 5) is 2.73. The van der Waals surface area contributed by atoms with Crippen molar-refractivity contribution >= 4 is 0 Å². The van der Waals surface area contributed by atoms with Gasteiger partial charge in [0, 0.05) is 25.7 Å². The lowest BCUT2D eigenvalue weighted by molar-refractivity contribution is 0.210. The Morgan fingerprint density at radius 1 is 1.31 bits per heavy atom. The summed E-state index contributed by atoms with van der Waals surface area (Å²) >= 11 is 0. The van der Waals surface area contributed by atoms with Crippen LogP contribution < -0.4 is 5.32 Å². The molecule has 2 saturated heterocycles. The van der Waals surface area contributed by atoms with E-state index in [4.69, 9.17) is 0 Å². The molecule has 92 valence electrons. The highest BCUT2D eigenvalue weighted by atomic mass is 15.2. The van der Waals surface area contributed by atoms with Crippen LogP contribution in [0.25, 0.3) is 0 Å². The molecule has 1 N–H and O–H groups in total. The molecule has 1 atom stereocenters. The van der Waals surface area contributed by atoms with Crippen LogP contribution in [0.4, 0.5) is 0 Å². The van der Waals surface area contributed by atoms with Crippen molar-refractivity contribution in [3.63, 3.8) is 0 Å². The molecule has 0 aromatic rings. The quantitative estimate of drug-likeness (QED) is 0.738. The molecule has 16 heavy (non-hydrogen) atoms. The Balaban J connectivity index is 1.94. The predicted molar refractivity (Wildman–Crippen MR) is 69.7 cm³/mol. The van der Waals surface area contributed by atoms with Gasteiger partial charge in [-0.3, -0.25) is 4.90 Å². The maximum atomic E-state index is 3.34. The lowest BCUT2D eigenvalue weighted by Crippen LogP contribution is -2.39. The van der Waals surface area contributed by atoms with Gasteiger partial charge in [-0.2, -0.15) is 0 Å². The van der Waals surface area contributed by atoms with E-state index in [0.717, 1.165) is 19.1 Å². The maximum Gasteiger partial charge on any atom is 0.0196 e. The second-order valence-electron chi connectivity index (χ2n) is 5.37. The Labute approximate surface area is 100 Å². The zero-order chi connectivity index (χ0) is 11.4. The first-order valence-electron chi connectivity index (χ1n) is 6.93. The first kappa shape index (κ1) is 12.1. The van der Waals surface area contributed by atoms with Gasteiger partial charge in [0.1, 0.15) is 0 Å². The number of nitrogens with zero attached hydrogens (tertiary/aromatic N) is 1. The van der Waals surface area contributed by atoms with Gasteiger partial charge in [0.25, 0.3) is 0 Å². The molecule has 1 unspecified atom stereocenters. The summed E-state index contributed by atoms with van der Waals surface area (Å²) in [5.41, 5.74) is 3.28. The molecule has 0 aromatic carbocycles. The summed E-state index contributed by atoms with van der Waals surface area (Å²) in [6.07, 6.45) is 7.01. The van der Waals surface area contributed by atoms with E-state index in [1.165, 1.54) is 45.2 Å². The Morgan fingerprint density at radius 3 is 2.75 bits per heavy atom. The van der Waals surface area contributed by atoms with Crippen LogP contribution in [0, 0.1) is 0 Å². The van der Waals surface area contributed by atoms with Crippen molar-refractivity contribution in [3.8, 4) is 0 Å². The van der Waals surface area contributed by atoms with Crippen LogP contribution in [-0.4, -0.2) is 37.1 Å². The Kier molecular flexibility index (Phi) is 4.42. The monoisotopic (exact) mass is 222 g/mol. The fourth-order valence-electron chi connectivity index (χ4n) is 2.88. The number of hydrogen-bond donors (Lipinski definition) is 1. The van der Waals surface area contributed by atoms with Gasteiger partial charge in [-0.1, -0.05) is 25.3 Å². The SMILES string of the molecule is CCC1CCCCCN1CC(C)=C1CNC1. The van der Waals surface area contributed by atoms with E-state index in [1.54, 1.807) is 11.1 Å². The normalized spacial score (nSPS) is 27.4. The van der Waals surface area contributed by atoms with Gasteiger partial charge in [-0.25, -0.2) is 0 Å². The highest BCUT2D eigenvalue weighted by Gasteiger charge is 2.21. The van der Waals surface area contributed by atoms with Crippen LogP contribution in [0.1, 0.15) is 46.0 Å². The Bertz CT molecular complexity index is 251. The van der Waals surface area contributed by atoms with Gasteiger partial charge in [0.2, 0.25) is 0 Å². The Morgan fingerprint density at radius 2 is 2.12 bits per heavy atom. The van der Waals surface area contributed by atoms with Crippen molar-refractivity contribution in [2.45, 2.75) is 52.0 Å². The highest BCUT2D eigenvalue weighted by Crippen LogP contribution is 2.21. The molecule has 0 saturated carbocycles. The third-order valence-corrected chi connectivity index (χ3v) is 4.19. The smallest absolute Gasteiger partial charge is 0.0196 e. The van der Waals surface area contributed by atoms with E-state index in [-0.39, 0.29) is 0 Å². The summed E-state index contributed by atoms with van der Waals surface area (Å²) in [5.74, 6) is 0. The maximum absolute atomic E-state index is 3.34. The van der Waals surface area contributed by atoms with E-state index in [2.05, 4.69) is 24.1 Å². The van der Waals surface area contributed by atoms with Gasteiger partial charge in [-0.15, -0.1) is 0 Å². The minimum absolute atomic E-state index is 0.839. The van der Waals surface area contributed by atoms with Crippen LogP contribution in [0.15, 0.2) is 11.1 Å². The van der Waals surface area contributed by atoms with Gasteiger partial charge in [0.15, 0.2) is 0 Å². The average Bonchev–Trinajstić information content (AvgIpc) is 2.40. The van der Waals surface area contributed by atoms with Crippen molar-refractivity contribution in [1.82, 2.24) is 10.2 Å². The number of hydrogen-bond acceptors (Lipinski definition) is 2. The minimum atomic E-state index is 0.839. The van der Waals surface area contributed by atoms with E-state index in [0.29, 0.717) is 0 Å². The standard InChI is InChI=1S/C14H26N2/c1-3-14-7-5-4-6-8-16(14)11-12(2)13-9-15-10-13/h14-15H,3-11H2,1-2H3. The van der Waals surface area contributed by atoms with Crippen LogP contribution in [0.3, 0.4) is 0 Å². The van der Waals surface area contributed by atoms with Crippen LogP contribution in [-0.2, 0) is 0 Å². The van der Waals surface area contributed by atoms with Crippen LogP contribution in [0.2, 0.25) is 0 Å². The van der Waals surface area contributed by atoms with E-state index in [9.17, 15) is 0 Å². The van der Waals surface area contributed by atoms with E-state index in [1.807, 2.05) is 0 Å². The van der Waals surface area contributed by atoms with E-state index >= 15 is 0 Å². The molecule has 0 radical (unpaired) electrons. The number of nitrogens with one attached hydrogen (secondary N) is 1. The molecule has 0 spiro atoms. The second-order valence-corrected chi connectivity index (χ2v) is 5.37. The van der Waals surface area contributed by atoms with Crippen molar-refractivity contribution in [1.29, 1.82) is 0 Å². The summed E-state index contributed by atoms with van der Waals surface area (Å²) in [7, 11) is 0. The van der Waals surface area contributed by atoms with Crippen molar-refractivity contribution in [3.05, 3.63) is 11.1 Å². The van der Waals surface area contributed by atoms with Gasteiger partial charge in [-0.05, 0) is 38.3 Å². The molecule has 0 aromatic heterocycles. The zero-order valence-electron chi connectivity index (χ0n) is 10.9. The zero-order valence-corrected chi connectivity index (χ0v) is 10.9. The lowest BCUT2D eigenvalue weighted by Gasteiger charge is -2.31. The summed E-state index contributed by atoms with van der Waals surface area (Å²) in [5, 5.41) is 3.34. The molecule has 2 nitrogen and oxygen atoms in total. The first-order chi connectivity index (χ1) is 7.81. The van der Waals surface area contributed by atoms with Crippen molar-refractivity contribution in [2.24, 2.45) is 0 Å². The molecular weight excluding hydrogens is 196 g/mol. The summed E-state index contributed by atoms with van der Waals surface area (Å²) in [6.45, 7) is 9.48. The number of rotatable bonds is 3. The largest absolute Gasteiger partial charge is 0.309 e. The molecule has 2 heterocycles. The fourth-order valence-corrected chi connectivity index (χ4v) is 2.88. The third-order valence-electron chi connectivity index (χ3n) is 4.19. The summed E-state index contributed by atoms with van der Waals surface area (Å²) in [6, 6.07) is 0.839. The molecule has 2 aliphatic heterocycles. The van der Waals surface area contributed by atoms with Gasteiger partial charge >= 0.3 is 0 Å². The molecule has 2 aliphatic rings. The fraction of sp³-hybridized carbons (Fsp3) is 0.857. The van der Waals surface area contributed by atoms with Crippen molar-refractivity contribution < 1.29 is 0 Å². The predicted octanol–water partition coefficient (Wildman–Crippen LogP) is 2.56. The van der Waals surface area contributed by atoms with Gasteiger partial charge in [0.05, 0.1) is 0 Å². The average molecular weight is 222 g/mol. The molecule has 0 aliphatic carbocycles.